The van der Waals surface area contributed by atoms with Gasteiger partial charge in [-0.15, -0.1) is 6.58 Å². The van der Waals surface area contributed by atoms with Gasteiger partial charge in [-0.2, -0.15) is 0 Å². The predicted molar refractivity (Wildman–Crippen MR) is 59.3 cm³/mol. The molecule has 0 unspecified atom stereocenters. The normalized spacial score (nSPS) is 12.2. The summed E-state index contributed by atoms with van der Waals surface area (Å²) in [5, 5.41) is 0. The highest BCUT2D eigenvalue weighted by atomic mass is 19.1. The molecule has 0 amide bonds. The van der Waals surface area contributed by atoms with E-state index in [0.29, 0.717) is 12.4 Å². The summed E-state index contributed by atoms with van der Waals surface area (Å²) >= 11 is 0. The lowest BCUT2D eigenvalue weighted by Crippen LogP contribution is -2.08. The van der Waals surface area contributed by atoms with E-state index in [-0.39, 0.29) is 11.9 Å². The minimum atomic E-state index is -0.312. The van der Waals surface area contributed by atoms with Gasteiger partial charge in [0, 0.05) is 17.7 Å². The zero-order valence-electron chi connectivity index (χ0n) is 8.87. The van der Waals surface area contributed by atoms with Crippen LogP contribution < -0.4 is 10.5 Å². The van der Waals surface area contributed by atoms with Crippen LogP contribution in [0, 0.1) is 5.82 Å². The van der Waals surface area contributed by atoms with E-state index in [4.69, 9.17) is 10.5 Å². The molecule has 0 aromatic heterocycles. The van der Waals surface area contributed by atoms with E-state index in [2.05, 4.69) is 6.58 Å². The van der Waals surface area contributed by atoms with Crippen LogP contribution in [0.15, 0.2) is 30.9 Å². The summed E-state index contributed by atoms with van der Waals surface area (Å²) in [5.74, 6) is 0.208. The molecule has 0 aliphatic heterocycles. The molecule has 1 aromatic carbocycles. The number of ether oxygens (including phenoxy) is 1. The molecule has 0 saturated heterocycles. The minimum absolute atomic E-state index is 0.163. The molecule has 1 atom stereocenters. The fourth-order valence-corrected chi connectivity index (χ4v) is 1.26. The van der Waals surface area contributed by atoms with Crippen molar-refractivity contribution in [1.29, 1.82) is 0 Å². The summed E-state index contributed by atoms with van der Waals surface area (Å²) in [4.78, 5) is 0. The summed E-state index contributed by atoms with van der Waals surface area (Å²) in [7, 11) is 0. The van der Waals surface area contributed by atoms with Crippen molar-refractivity contribution in [1.82, 2.24) is 0 Å². The predicted octanol–water partition coefficient (Wildman–Crippen LogP) is 2.80. The van der Waals surface area contributed by atoms with Crippen molar-refractivity contribution in [3.05, 3.63) is 42.2 Å². The highest BCUT2D eigenvalue weighted by Crippen LogP contribution is 2.24. The maximum absolute atomic E-state index is 13.0. The first kappa shape index (κ1) is 11.7. The summed E-state index contributed by atoms with van der Waals surface area (Å²) in [6.07, 6.45) is 2.49. The molecule has 82 valence electrons. The summed E-state index contributed by atoms with van der Waals surface area (Å²) in [6, 6.07) is 4.24. The monoisotopic (exact) mass is 209 g/mol. The molecule has 0 heterocycles. The molecule has 0 aliphatic rings. The molecule has 0 radical (unpaired) electrons. The lowest BCUT2D eigenvalue weighted by atomic mass is 10.1. The summed E-state index contributed by atoms with van der Waals surface area (Å²) < 4.78 is 18.4. The molecular weight excluding hydrogens is 193 g/mol. The van der Waals surface area contributed by atoms with E-state index in [0.717, 1.165) is 12.0 Å². The van der Waals surface area contributed by atoms with Gasteiger partial charge in [0.2, 0.25) is 0 Å². The van der Waals surface area contributed by atoms with Gasteiger partial charge in [-0.25, -0.2) is 4.39 Å². The average molecular weight is 209 g/mol. The topological polar surface area (TPSA) is 35.2 Å². The standard InChI is InChI=1S/C12H16FNO/c1-3-4-7-15-12-8-10(13)5-6-11(12)9(2)14/h3,5-6,8-9H,1,4,7,14H2,2H3/t9-/m1/s1. The largest absolute Gasteiger partial charge is 0.493 e. The zero-order valence-corrected chi connectivity index (χ0v) is 8.87. The Morgan fingerprint density at radius 1 is 1.60 bits per heavy atom. The molecule has 0 fully saturated rings. The lowest BCUT2D eigenvalue weighted by Gasteiger charge is -2.13. The molecular formula is C12H16FNO. The van der Waals surface area contributed by atoms with Gasteiger partial charge in [0.15, 0.2) is 0 Å². The third kappa shape index (κ3) is 3.36. The van der Waals surface area contributed by atoms with E-state index in [1.54, 1.807) is 12.1 Å². The van der Waals surface area contributed by atoms with Crippen molar-refractivity contribution in [2.75, 3.05) is 6.61 Å². The molecule has 3 heteroatoms. The Morgan fingerprint density at radius 3 is 2.93 bits per heavy atom. The number of halogens is 1. The van der Waals surface area contributed by atoms with Crippen molar-refractivity contribution >= 4 is 0 Å². The summed E-state index contributed by atoms with van der Waals surface area (Å²) in [5.41, 5.74) is 6.57. The Morgan fingerprint density at radius 2 is 2.33 bits per heavy atom. The quantitative estimate of drug-likeness (QED) is 0.597. The van der Waals surface area contributed by atoms with Crippen LogP contribution in [0.25, 0.3) is 0 Å². The molecule has 1 aromatic rings. The van der Waals surface area contributed by atoms with Crippen molar-refractivity contribution < 1.29 is 9.13 Å². The first-order valence-electron chi connectivity index (χ1n) is 4.94. The molecule has 0 aliphatic carbocycles. The Kier molecular flexibility index (Phi) is 4.31. The molecule has 0 spiro atoms. The Hall–Kier alpha value is -1.35. The SMILES string of the molecule is C=CCCOc1cc(F)ccc1[C@@H](C)N. The van der Waals surface area contributed by atoms with Crippen molar-refractivity contribution in [3.63, 3.8) is 0 Å². The van der Waals surface area contributed by atoms with Crippen LogP contribution in [0.2, 0.25) is 0 Å². The van der Waals surface area contributed by atoms with Crippen LogP contribution in [0.4, 0.5) is 4.39 Å². The molecule has 15 heavy (non-hydrogen) atoms. The second kappa shape index (κ2) is 5.51. The van der Waals surface area contributed by atoms with Crippen molar-refractivity contribution in [2.45, 2.75) is 19.4 Å². The van der Waals surface area contributed by atoms with Gasteiger partial charge in [-0.3, -0.25) is 0 Å². The molecule has 0 bridgehead atoms. The van der Waals surface area contributed by atoms with Gasteiger partial charge in [0.1, 0.15) is 11.6 Å². The molecule has 2 nitrogen and oxygen atoms in total. The van der Waals surface area contributed by atoms with Crippen LogP contribution in [-0.4, -0.2) is 6.61 Å². The highest BCUT2D eigenvalue weighted by Gasteiger charge is 2.08. The third-order valence-corrected chi connectivity index (χ3v) is 2.05. The van der Waals surface area contributed by atoms with Crippen LogP contribution in [0.3, 0.4) is 0 Å². The van der Waals surface area contributed by atoms with Crippen molar-refractivity contribution in [2.24, 2.45) is 5.73 Å². The first-order valence-corrected chi connectivity index (χ1v) is 4.94. The van der Waals surface area contributed by atoms with Crippen LogP contribution in [0.1, 0.15) is 24.9 Å². The van der Waals surface area contributed by atoms with E-state index in [1.165, 1.54) is 12.1 Å². The number of hydrogen-bond donors (Lipinski definition) is 1. The van der Waals surface area contributed by atoms with E-state index < -0.39 is 0 Å². The summed E-state index contributed by atoms with van der Waals surface area (Å²) in [6.45, 7) is 5.92. The number of nitrogens with two attached hydrogens (primary N) is 1. The Labute approximate surface area is 89.6 Å². The lowest BCUT2D eigenvalue weighted by molar-refractivity contribution is 0.318. The Bertz CT molecular complexity index is 336. The fraction of sp³-hybridized carbons (Fsp3) is 0.333. The third-order valence-electron chi connectivity index (χ3n) is 2.05. The highest BCUT2D eigenvalue weighted by molar-refractivity contribution is 5.36. The maximum atomic E-state index is 13.0. The van der Waals surface area contributed by atoms with Crippen LogP contribution in [-0.2, 0) is 0 Å². The van der Waals surface area contributed by atoms with Gasteiger partial charge in [0.25, 0.3) is 0 Å². The second-order valence-corrected chi connectivity index (χ2v) is 3.40. The van der Waals surface area contributed by atoms with Crippen LogP contribution in [0.5, 0.6) is 5.75 Å². The van der Waals surface area contributed by atoms with E-state index in [1.807, 2.05) is 6.92 Å². The fourth-order valence-electron chi connectivity index (χ4n) is 1.26. The van der Waals surface area contributed by atoms with Crippen molar-refractivity contribution in [3.8, 4) is 5.75 Å². The van der Waals surface area contributed by atoms with E-state index >= 15 is 0 Å². The smallest absolute Gasteiger partial charge is 0.126 e. The molecule has 1 rings (SSSR count). The number of hydrogen-bond acceptors (Lipinski definition) is 2. The zero-order chi connectivity index (χ0) is 11.3. The van der Waals surface area contributed by atoms with Gasteiger partial charge < -0.3 is 10.5 Å². The van der Waals surface area contributed by atoms with Gasteiger partial charge in [-0.05, 0) is 19.4 Å². The second-order valence-electron chi connectivity index (χ2n) is 3.40. The van der Waals surface area contributed by atoms with Gasteiger partial charge in [-0.1, -0.05) is 12.1 Å². The van der Waals surface area contributed by atoms with Gasteiger partial charge in [0.05, 0.1) is 6.61 Å². The average Bonchev–Trinajstić information content (AvgIpc) is 2.18. The Balaban J connectivity index is 2.82. The first-order chi connectivity index (χ1) is 7.15. The van der Waals surface area contributed by atoms with Crippen LogP contribution >= 0.6 is 0 Å². The number of benzene rings is 1. The molecule has 2 N–H and O–H groups in total. The van der Waals surface area contributed by atoms with Gasteiger partial charge >= 0.3 is 0 Å². The minimum Gasteiger partial charge on any atom is -0.493 e. The maximum Gasteiger partial charge on any atom is 0.126 e. The molecule has 0 saturated carbocycles. The number of rotatable bonds is 5. The van der Waals surface area contributed by atoms with E-state index in [9.17, 15) is 4.39 Å².